The molecule has 3 aromatic rings. The highest BCUT2D eigenvalue weighted by Crippen LogP contribution is 2.44. The molecule has 0 unspecified atom stereocenters. The Morgan fingerprint density at radius 2 is 1.91 bits per heavy atom. The van der Waals surface area contributed by atoms with Crippen LogP contribution in [0, 0.1) is 6.92 Å². The Morgan fingerprint density at radius 1 is 1.20 bits per heavy atom. The Morgan fingerprint density at radius 3 is 2.51 bits per heavy atom. The number of halogens is 3. The number of carbonyl (C=O) groups is 1. The van der Waals surface area contributed by atoms with E-state index in [4.69, 9.17) is 9.47 Å². The van der Waals surface area contributed by atoms with Crippen molar-refractivity contribution in [3.8, 4) is 11.5 Å². The second kappa shape index (κ2) is 9.16. The summed E-state index contributed by atoms with van der Waals surface area (Å²) < 4.78 is 55.1. The summed E-state index contributed by atoms with van der Waals surface area (Å²) >= 11 is 0. The molecule has 35 heavy (non-hydrogen) atoms. The van der Waals surface area contributed by atoms with Crippen LogP contribution in [0.2, 0.25) is 0 Å². The van der Waals surface area contributed by atoms with Crippen LogP contribution in [0.15, 0.2) is 30.5 Å². The molecule has 188 valence electrons. The topological polar surface area (TPSA) is 86.4 Å². The highest BCUT2D eigenvalue weighted by Gasteiger charge is 2.47. The molecule has 0 saturated carbocycles. The van der Waals surface area contributed by atoms with Gasteiger partial charge in [0.25, 0.3) is 5.91 Å². The third kappa shape index (κ3) is 4.77. The number of ether oxygens (including phenoxy) is 2. The maximum absolute atomic E-state index is 14.0. The van der Waals surface area contributed by atoms with Crippen molar-refractivity contribution in [1.29, 1.82) is 0 Å². The minimum absolute atomic E-state index is 0.0706. The first kappa shape index (κ1) is 24.4. The average Bonchev–Trinajstić information content (AvgIpc) is 3.38. The lowest BCUT2D eigenvalue weighted by Gasteiger charge is -2.33. The van der Waals surface area contributed by atoms with Crippen LogP contribution in [0.5, 0.6) is 11.5 Å². The molecule has 0 spiro atoms. The van der Waals surface area contributed by atoms with Crippen LogP contribution >= 0.6 is 0 Å². The van der Waals surface area contributed by atoms with E-state index in [0.717, 1.165) is 15.9 Å². The smallest absolute Gasteiger partial charge is 0.410 e. The van der Waals surface area contributed by atoms with Crippen molar-refractivity contribution in [2.45, 2.75) is 38.1 Å². The molecule has 3 heterocycles. The number of methoxy groups -OCH3 is 2. The fraction of sp³-hybridized carbons (Fsp3) is 0.435. The number of hydrogen-bond donors (Lipinski definition) is 1. The van der Waals surface area contributed by atoms with E-state index in [2.05, 4.69) is 15.5 Å². The predicted molar refractivity (Wildman–Crippen MR) is 122 cm³/mol. The highest BCUT2D eigenvalue weighted by atomic mass is 19.4. The van der Waals surface area contributed by atoms with Crippen LogP contribution in [0.4, 0.5) is 19.0 Å². The van der Waals surface area contributed by atoms with Gasteiger partial charge >= 0.3 is 6.18 Å². The first-order valence-corrected chi connectivity index (χ1v) is 10.9. The lowest BCUT2D eigenvalue weighted by Crippen LogP contribution is -2.36. The molecule has 0 aliphatic carbocycles. The lowest BCUT2D eigenvalue weighted by atomic mass is 9.96. The van der Waals surface area contributed by atoms with Crippen LogP contribution in [0.25, 0.3) is 0 Å². The number of anilines is 1. The number of rotatable bonds is 6. The summed E-state index contributed by atoms with van der Waals surface area (Å²) in [5.74, 6) is 0.523. The molecule has 1 N–H and O–H groups in total. The van der Waals surface area contributed by atoms with Gasteiger partial charge in [-0.05, 0) is 24.6 Å². The molecule has 1 aliphatic rings. The number of benzene rings is 1. The van der Waals surface area contributed by atoms with Gasteiger partial charge in [0.15, 0.2) is 23.2 Å². The van der Waals surface area contributed by atoms with Crippen molar-refractivity contribution in [2.24, 2.45) is 7.05 Å². The minimum atomic E-state index is -4.56. The number of nitrogens with zero attached hydrogens (tertiary/aromatic N) is 5. The number of aromatic nitrogens is 4. The molecule has 2 atom stereocenters. The van der Waals surface area contributed by atoms with Gasteiger partial charge in [-0.15, -0.1) is 0 Å². The molecule has 0 radical (unpaired) electrons. The Bertz CT molecular complexity index is 1240. The van der Waals surface area contributed by atoms with E-state index >= 15 is 0 Å². The van der Waals surface area contributed by atoms with Crippen LogP contribution in [0.1, 0.15) is 45.8 Å². The third-order valence-corrected chi connectivity index (χ3v) is 6.09. The Balaban J connectivity index is 1.63. The van der Waals surface area contributed by atoms with Crippen LogP contribution in [-0.4, -0.2) is 57.8 Å². The standard InChI is InChI=1S/C23H27F3N6O3/c1-13-15(12-31(3)28-13)11-30(2)22(33)17-10-21-27-16(9-20(23(24,25)26)32(21)29-17)14-6-7-18(34-4)19(8-14)35-5/h6-8,10,12,16,20,27H,9,11H2,1-5H3/t16-,20+/m0/s1. The molecule has 0 fully saturated rings. The Hall–Kier alpha value is -3.70. The first-order chi connectivity index (χ1) is 16.5. The van der Waals surface area contributed by atoms with Crippen molar-refractivity contribution in [3.63, 3.8) is 0 Å². The van der Waals surface area contributed by atoms with Gasteiger partial charge in [-0.3, -0.25) is 9.48 Å². The molecule has 1 amide bonds. The van der Waals surface area contributed by atoms with Gasteiger partial charge < -0.3 is 19.7 Å². The van der Waals surface area contributed by atoms with Gasteiger partial charge in [0.1, 0.15) is 5.82 Å². The fourth-order valence-electron chi connectivity index (χ4n) is 4.29. The average molecular weight is 493 g/mol. The summed E-state index contributed by atoms with van der Waals surface area (Å²) in [5.41, 5.74) is 2.14. The molecular formula is C23H27F3N6O3. The van der Waals surface area contributed by atoms with Crippen molar-refractivity contribution < 1.29 is 27.4 Å². The largest absolute Gasteiger partial charge is 0.493 e. The van der Waals surface area contributed by atoms with E-state index in [1.54, 1.807) is 43.2 Å². The Kier molecular flexibility index (Phi) is 6.39. The monoisotopic (exact) mass is 492 g/mol. The van der Waals surface area contributed by atoms with Crippen molar-refractivity contribution >= 4 is 11.7 Å². The van der Waals surface area contributed by atoms with E-state index in [1.807, 2.05) is 6.92 Å². The zero-order chi connectivity index (χ0) is 25.5. The van der Waals surface area contributed by atoms with Gasteiger partial charge in [-0.2, -0.15) is 23.4 Å². The molecular weight excluding hydrogens is 465 g/mol. The quantitative estimate of drug-likeness (QED) is 0.562. The second-order valence-corrected chi connectivity index (χ2v) is 8.54. The number of fused-ring (bicyclic) bond motifs is 1. The number of aryl methyl sites for hydroxylation is 2. The summed E-state index contributed by atoms with van der Waals surface area (Å²) in [7, 11) is 6.30. The molecule has 4 rings (SSSR count). The van der Waals surface area contributed by atoms with E-state index in [0.29, 0.717) is 17.1 Å². The second-order valence-electron chi connectivity index (χ2n) is 8.54. The van der Waals surface area contributed by atoms with Gasteiger partial charge in [0.05, 0.1) is 26.0 Å². The number of hydrogen-bond acceptors (Lipinski definition) is 6. The van der Waals surface area contributed by atoms with Crippen LogP contribution in [-0.2, 0) is 13.6 Å². The van der Waals surface area contributed by atoms with Gasteiger partial charge in [-0.1, -0.05) is 6.07 Å². The van der Waals surface area contributed by atoms with E-state index in [9.17, 15) is 18.0 Å². The first-order valence-electron chi connectivity index (χ1n) is 10.9. The highest BCUT2D eigenvalue weighted by molar-refractivity contribution is 5.93. The lowest BCUT2D eigenvalue weighted by molar-refractivity contribution is -0.173. The SMILES string of the molecule is COc1ccc([C@@H]2C[C@H](C(F)(F)F)n3nc(C(=O)N(C)Cc4cn(C)nc4C)cc3N2)cc1OC. The van der Waals surface area contributed by atoms with Gasteiger partial charge in [0, 0.05) is 44.9 Å². The number of alkyl halides is 3. The van der Waals surface area contributed by atoms with Crippen molar-refractivity contribution in [3.05, 3.63) is 53.0 Å². The number of nitrogens with one attached hydrogen (secondary N) is 1. The van der Waals surface area contributed by atoms with Gasteiger partial charge in [0.2, 0.25) is 0 Å². The molecule has 2 aromatic heterocycles. The molecule has 1 aliphatic heterocycles. The number of carbonyl (C=O) groups excluding carboxylic acids is 1. The number of amides is 1. The summed E-state index contributed by atoms with van der Waals surface area (Å²) in [5, 5.41) is 11.4. The van der Waals surface area contributed by atoms with Crippen molar-refractivity contribution in [1.82, 2.24) is 24.5 Å². The zero-order valence-corrected chi connectivity index (χ0v) is 20.1. The fourth-order valence-corrected chi connectivity index (χ4v) is 4.29. The van der Waals surface area contributed by atoms with Crippen LogP contribution in [0.3, 0.4) is 0 Å². The molecule has 0 bridgehead atoms. The summed E-state index contributed by atoms with van der Waals surface area (Å²) in [6, 6.07) is 3.77. The molecule has 1 aromatic carbocycles. The molecule has 0 saturated heterocycles. The summed E-state index contributed by atoms with van der Waals surface area (Å²) in [6.45, 7) is 2.08. The maximum Gasteiger partial charge on any atom is 0.410 e. The van der Waals surface area contributed by atoms with Crippen LogP contribution < -0.4 is 14.8 Å². The zero-order valence-electron chi connectivity index (χ0n) is 20.1. The molecule has 12 heteroatoms. The van der Waals surface area contributed by atoms with Crippen molar-refractivity contribution in [2.75, 3.05) is 26.6 Å². The van der Waals surface area contributed by atoms with E-state index in [1.165, 1.54) is 25.2 Å². The maximum atomic E-state index is 14.0. The van der Waals surface area contributed by atoms with Gasteiger partial charge in [-0.25, -0.2) is 4.68 Å². The Labute approximate surface area is 200 Å². The molecule has 9 nitrogen and oxygen atoms in total. The minimum Gasteiger partial charge on any atom is -0.493 e. The predicted octanol–water partition coefficient (Wildman–Crippen LogP) is 3.87. The van der Waals surface area contributed by atoms with E-state index < -0.39 is 24.2 Å². The van der Waals surface area contributed by atoms with E-state index in [-0.39, 0.29) is 24.5 Å². The summed E-state index contributed by atoms with van der Waals surface area (Å²) in [4.78, 5) is 14.4. The normalized spacial score (nSPS) is 17.5. The third-order valence-electron chi connectivity index (χ3n) is 6.09. The summed E-state index contributed by atoms with van der Waals surface area (Å²) in [6.07, 6.45) is -3.06.